The van der Waals surface area contributed by atoms with Crippen LogP contribution in [0.25, 0.3) is 0 Å². The highest BCUT2D eigenvalue weighted by Gasteiger charge is 2.10. The third kappa shape index (κ3) is 5.67. The summed E-state index contributed by atoms with van der Waals surface area (Å²) in [6.07, 6.45) is 0.747. The molecule has 1 unspecified atom stereocenters. The Bertz CT molecular complexity index is 327. The minimum Gasteiger partial charge on any atom is -0.353 e. The summed E-state index contributed by atoms with van der Waals surface area (Å²) in [5, 5.41) is 3.45. The smallest absolute Gasteiger partial charge is 0.158 e. The first-order valence-corrected chi connectivity index (χ1v) is 7.58. The van der Waals surface area contributed by atoms with E-state index in [4.69, 9.17) is 21.1 Å². The van der Waals surface area contributed by atoms with Crippen LogP contribution >= 0.6 is 22.9 Å². The van der Waals surface area contributed by atoms with Crippen LogP contribution in [0.15, 0.2) is 12.1 Å². The zero-order valence-corrected chi connectivity index (χ0v) is 12.8. The highest BCUT2D eigenvalue weighted by molar-refractivity contribution is 7.16. The molecule has 1 aromatic heterocycles. The largest absolute Gasteiger partial charge is 0.353 e. The third-order valence-corrected chi connectivity index (χ3v) is 3.97. The fourth-order valence-electron chi connectivity index (χ4n) is 1.67. The van der Waals surface area contributed by atoms with Crippen LogP contribution in [0, 0.1) is 0 Å². The van der Waals surface area contributed by atoms with Gasteiger partial charge in [-0.25, -0.2) is 0 Å². The Kier molecular flexibility index (Phi) is 7.86. The van der Waals surface area contributed by atoms with E-state index >= 15 is 0 Å². The Balaban J connectivity index is 2.27. The first-order valence-electron chi connectivity index (χ1n) is 6.39. The SMILES string of the molecule is CCOC(CCNC(C)c1ccc(Cl)s1)OCC. The number of halogens is 1. The summed E-state index contributed by atoms with van der Waals surface area (Å²) < 4.78 is 11.8. The third-order valence-electron chi connectivity index (χ3n) is 2.56. The van der Waals surface area contributed by atoms with Gasteiger partial charge in [-0.2, -0.15) is 0 Å². The Labute approximate surface area is 118 Å². The van der Waals surface area contributed by atoms with Crippen molar-refractivity contribution in [3.63, 3.8) is 0 Å². The summed E-state index contributed by atoms with van der Waals surface area (Å²) >= 11 is 7.54. The molecule has 0 amide bonds. The normalized spacial score (nSPS) is 13.2. The molecule has 0 aromatic carbocycles. The fourth-order valence-corrected chi connectivity index (χ4v) is 2.75. The van der Waals surface area contributed by atoms with Crippen molar-refractivity contribution in [3.8, 4) is 0 Å². The summed E-state index contributed by atoms with van der Waals surface area (Å²) in [5.74, 6) is 0. The molecule has 5 heteroatoms. The van der Waals surface area contributed by atoms with E-state index in [1.165, 1.54) is 4.88 Å². The predicted octanol–water partition coefficient (Wildman–Crippen LogP) is 3.84. The lowest BCUT2D eigenvalue weighted by Gasteiger charge is -2.18. The van der Waals surface area contributed by atoms with Crippen LogP contribution in [-0.2, 0) is 9.47 Å². The molecule has 1 atom stereocenters. The zero-order valence-electron chi connectivity index (χ0n) is 11.2. The van der Waals surface area contributed by atoms with Crippen LogP contribution in [-0.4, -0.2) is 26.0 Å². The molecule has 0 fully saturated rings. The van der Waals surface area contributed by atoms with Crippen molar-refractivity contribution in [3.05, 3.63) is 21.3 Å². The molecule has 1 heterocycles. The average molecular weight is 292 g/mol. The van der Waals surface area contributed by atoms with Gasteiger partial charge >= 0.3 is 0 Å². The Hall–Kier alpha value is -0.130. The summed E-state index contributed by atoms with van der Waals surface area (Å²) in [4.78, 5) is 1.25. The molecule has 0 spiro atoms. The topological polar surface area (TPSA) is 30.5 Å². The molecule has 0 aliphatic rings. The van der Waals surface area contributed by atoms with Gasteiger partial charge in [0.2, 0.25) is 0 Å². The number of thiophene rings is 1. The number of nitrogens with one attached hydrogen (secondary N) is 1. The number of hydrogen-bond donors (Lipinski definition) is 1. The van der Waals surface area contributed by atoms with E-state index < -0.39 is 0 Å². The summed E-state index contributed by atoms with van der Waals surface area (Å²) in [6.45, 7) is 8.33. The number of rotatable bonds is 9. The molecule has 0 aliphatic heterocycles. The van der Waals surface area contributed by atoms with Gasteiger partial charge in [0, 0.05) is 37.1 Å². The molecule has 0 saturated heterocycles. The van der Waals surface area contributed by atoms with Crippen molar-refractivity contribution in [1.82, 2.24) is 5.32 Å². The molecule has 0 bridgehead atoms. The van der Waals surface area contributed by atoms with Crippen molar-refractivity contribution < 1.29 is 9.47 Å². The second-order valence-corrected chi connectivity index (χ2v) is 5.69. The Morgan fingerprint density at radius 3 is 2.44 bits per heavy atom. The second kappa shape index (κ2) is 8.88. The van der Waals surface area contributed by atoms with Crippen molar-refractivity contribution in [1.29, 1.82) is 0 Å². The molecule has 0 aliphatic carbocycles. The minimum absolute atomic E-state index is 0.105. The maximum absolute atomic E-state index is 5.92. The quantitative estimate of drug-likeness (QED) is 0.701. The maximum atomic E-state index is 5.92. The first-order chi connectivity index (χ1) is 8.67. The van der Waals surface area contributed by atoms with E-state index in [0.717, 1.165) is 17.3 Å². The van der Waals surface area contributed by atoms with Crippen molar-refractivity contribution in [2.24, 2.45) is 0 Å². The summed E-state index contributed by atoms with van der Waals surface area (Å²) in [7, 11) is 0. The lowest BCUT2D eigenvalue weighted by Crippen LogP contribution is -2.26. The van der Waals surface area contributed by atoms with Gasteiger partial charge in [0.1, 0.15) is 0 Å². The van der Waals surface area contributed by atoms with E-state index in [9.17, 15) is 0 Å². The van der Waals surface area contributed by atoms with Gasteiger partial charge in [0.15, 0.2) is 6.29 Å². The average Bonchev–Trinajstić information content (AvgIpc) is 2.76. The first kappa shape index (κ1) is 15.9. The predicted molar refractivity (Wildman–Crippen MR) is 77.4 cm³/mol. The number of hydrogen-bond acceptors (Lipinski definition) is 4. The molecule has 104 valence electrons. The van der Waals surface area contributed by atoms with Gasteiger partial charge in [0.05, 0.1) is 4.34 Å². The zero-order chi connectivity index (χ0) is 13.4. The van der Waals surface area contributed by atoms with Crippen LogP contribution in [0.5, 0.6) is 0 Å². The minimum atomic E-state index is -0.105. The van der Waals surface area contributed by atoms with E-state index in [-0.39, 0.29) is 6.29 Å². The van der Waals surface area contributed by atoms with Crippen LogP contribution in [0.2, 0.25) is 4.34 Å². The van der Waals surface area contributed by atoms with Crippen LogP contribution < -0.4 is 5.32 Å². The molecule has 1 aromatic rings. The monoisotopic (exact) mass is 291 g/mol. The molecule has 1 N–H and O–H groups in total. The molecule has 0 saturated carbocycles. The van der Waals surface area contributed by atoms with E-state index in [0.29, 0.717) is 19.3 Å². The Morgan fingerprint density at radius 1 is 1.28 bits per heavy atom. The summed E-state index contributed by atoms with van der Waals surface area (Å²) in [6, 6.07) is 4.31. The van der Waals surface area contributed by atoms with E-state index in [1.807, 2.05) is 19.9 Å². The molecule has 1 rings (SSSR count). The van der Waals surface area contributed by atoms with E-state index in [1.54, 1.807) is 11.3 Å². The number of ether oxygens (including phenoxy) is 2. The fraction of sp³-hybridized carbons (Fsp3) is 0.692. The van der Waals surface area contributed by atoms with E-state index in [2.05, 4.69) is 18.3 Å². The standard InChI is InChI=1S/C13H22ClNO2S/c1-4-16-13(17-5-2)8-9-15-10(3)11-6-7-12(14)18-11/h6-7,10,13,15H,4-5,8-9H2,1-3H3. The molecule has 18 heavy (non-hydrogen) atoms. The van der Waals surface area contributed by atoms with Crippen molar-refractivity contribution in [2.75, 3.05) is 19.8 Å². The highest BCUT2D eigenvalue weighted by Crippen LogP contribution is 2.26. The second-order valence-electron chi connectivity index (χ2n) is 3.95. The van der Waals surface area contributed by atoms with Gasteiger partial charge in [-0.05, 0) is 32.9 Å². The maximum Gasteiger partial charge on any atom is 0.158 e. The van der Waals surface area contributed by atoms with Gasteiger partial charge in [0.25, 0.3) is 0 Å². The van der Waals surface area contributed by atoms with Crippen LogP contribution in [0.3, 0.4) is 0 Å². The van der Waals surface area contributed by atoms with Gasteiger partial charge in [-0.15, -0.1) is 11.3 Å². The van der Waals surface area contributed by atoms with Gasteiger partial charge < -0.3 is 14.8 Å². The van der Waals surface area contributed by atoms with Gasteiger partial charge in [-0.1, -0.05) is 11.6 Å². The van der Waals surface area contributed by atoms with Crippen LogP contribution in [0.4, 0.5) is 0 Å². The van der Waals surface area contributed by atoms with Crippen molar-refractivity contribution in [2.45, 2.75) is 39.5 Å². The van der Waals surface area contributed by atoms with Crippen LogP contribution in [0.1, 0.15) is 38.1 Å². The molecular weight excluding hydrogens is 270 g/mol. The lowest BCUT2D eigenvalue weighted by molar-refractivity contribution is -0.138. The Morgan fingerprint density at radius 2 is 1.94 bits per heavy atom. The lowest BCUT2D eigenvalue weighted by atomic mass is 10.2. The highest BCUT2D eigenvalue weighted by atomic mass is 35.5. The molecule has 0 radical (unpaired) electrons. The van der Waals surface area contributed by atoms with Crippen molar-refractivity contribution >= 4 is 22.9 Å². The summed E-state index contributed by atoms with van der Waals surface area (Å²) in [5.41, 5.74) is 0. The van der Waals surface area contributed by atoms with Gasteiger partial charge in [-0.3, -0.25) is 0 Å². The molecule has 3 nitrogen and oxygen atoms in total. The molecular formula is C13H22ClNO2S.